The van der Waals surface area contributed by atoms with E-state index in [2.05, 4.69) is 17.1 Å². The van der Waals surface area contributed by atoms with Gasteiger partial charge in [0.25, 0.3) is 0 Å². The van der Waals surface area contributed by atoms with Crippen LogP contribution in [0, 0.1) is 18.8 Å². The molecule has 3 aliphatic rings. The minimum atomic E-state index is -0.300. The fourth-order valence-electron chi connectivity index (χ4n) is 5.14. The number of ether oxygens (including phenoxy) is 1. The Morgan fingerprint density at radius 1 is 1.21 bits per heavy atom. The fraction of sp³-hybridized carbons (Fsp3) is 0.650. The predicted octanol–water partition coefficient (Wildman–Crippen LogP) is 4.19. The minimum absolute atomic E-state index is 0.0796. The summed E-state index contributed by atoms with van der Waals surface area (Å²) in [6.45, 7) is 5.63. The van der Waals surface area contributed by atoms with Gasteiger partial charge in [-0.1, -0.05) is 24.1 Å². The minimum Gasteiger partial charge on any atom is -0.446 e. The molecule has 2 aliphatic heterocycles. The molecule has 1 amide bonds. The van der Waals surface area contributed by atoms with Crippen LogP contribution in [0.2, 0.25) is 0 Å². The lowest BCUT2D eigenvalue weighted by molar-refractivity contribution is -0.00871. The van der Waals surface area contributed by atoms with Crippen LogP contribution in [0.25, 0.3) is 0 Å². The summed E-state index contributed by atoms with van der Waals surface area (Å²) < 4.78 is 5.88. The van der Waals surface area contributed by atoms with Crippen LogP contribution in [0.15, 0.2) is 24.3 Å². The SMILES string of the molecule is Cc1ccc(NC(=O)O[C@@H]2C[C@H]3C[C@@H]2[C@H]2CCCCN2[C@H]3C)cc1. The van der Waals surface area contributed by atoms with Crippen LogP contribution >= 0.6 is 0 Å². The first-order valence-electron chi connectivity index (χ1n) is 9.42. The molecule has 1 aromatic carbocycles. The van der Waals surface area contributed by atoms with Crippen molar-refractivity contribution in [1.82, 2.24) is 4.90 Å². The zero-order valence-corrected chi connectivity index (χ0v) is 14.7. The second-order valence-corrected chi connectivity index (χ2v) is 7.87. The number of amides is 1. The summed E-state index contributed by atoms with van der Waals surface area (Å²) >= 11 is 0. The molecular weight excluding hydrogens is 300 g/mol. The van der Waals surface area contributed by atoms with Crippen LogP contribution < -0.4 is 5.32 Å². The number of hydrogen-bond acceptors (Lipinski definition) is 3. The van der Waals surface area contributed by atoms with Gasteiger partial charge in [-0.05, 0) is 64.1 Å². The molecule has 4 heteroatoms. The number of anilines is 1. The van der Waals surface area contributed by atoms with Crippen LogP contribution in [0.4, 0.5) is 10.5 Å². The van der Waals surface area contributed by atoms with Crippen LogP contribution in [-0.2, 0) is 4.74 Å². The number of fused-ring (bicyclic) bond motifs is 4. The maximum atomic E-state index is 12.3. The molecular formula is C20H28N2O2. The van der Waals surface area contributed by atoms with Crippen LogP contribution in [0.5, 0.6) is 0 Å². The molecule has 4 rings (SSSR count). The highest BCUT2D eigenvalue weighted by molar-refractivity contribution is 5.84. The van der Waals surface area contributed by atoms with E-state index in [0.717, 1.165) is 12.1 Å². The first kappa shape index (κ1) is 15.9. The quantitative estimate of drug-likeness (QED) is 0.885. The molecule has 4 nitrogen and oxygen atoms in total. The Kier molecular flexibility index (Phi) is 4.25. The summed E-state index contributed by atoms with van der Waals surface area (Å²) in [7, 11) is 0. The number of piperidine rings is 2. The molecule has 1 aliphatic carbocycles. The van der Waals surface area contributed by atoms with E-state index in [9.17, 15) is 4.79 Å². The van der Waals surface area contributed by atoms with Gasteiger partial charge < -0.3 is 4.74 Å². The van der Waals surface area contributed by atoms with E-state index in [0.29, 0.717) is 23.9 Å². The van der Waals surface area contributed by atoms with Crippen molar-refractivity contribution >= 4 is 11.8 Å². The number of hydrogen-bond donors (Lipinski definition) is 1. The van der Waals surface area contributed by atoms with Gasteiger partial charge in [0.1, 0.15) is 6.10 Å². The van der Waals surface area contributed by atoms with Gasteiger partial charge in [0, 0.05) is 23.7 Å². The van der Waals surface area contributed by atoms with E-state index in [1.54, 1.807) is 0 Å². The highest BCUT2D eigenvalue weighted by atomic mass is 16.6. The number of rotatable bonds is 2. The van der Waals surface area contributed by atoms with Gasteiger partial charge in [-0.15, -0.1) is 0 Å². The Bertz CT molecular complexity index is 600. The third-order valence-corrected chi connectivity index (χ3v) is 6.44. The first-order valence-corrected chi connectivity index (χ1v) is 9.42. The zero-order chi connectivity index (χ0) is 16.7. The Morgan fingerprint density at radius 3 is 2.79 bits per heavy atom. The van der Waals surface area contributed by atoms with Gasteiger partial charge in [-0.25, -0.2) is 4.79 Å². The summed E-state index contributed by atoms with van der Waals surface area (Å²) in [5.74, 6) is 1.21. The lowest BCUT2D eigenvalue weighted by atomic mass is 9.81. The monoisotopic (exact) mass is 328 g/mol. The second kappa shape index (κ2) is 6.40. The Hall–Kier alpha value is -1.55. The topological polar surface area (TPSA) is 41.6 Å². The number of benzene rings is 1. The van der Waals surface area contributed by atoms with E-state index < -0.39 is 0 Å². The van der Waals surface area contributed by atoms with Crippen molar-refractivity contribution < 1.29 is 9.53 Å². The maximum absolute atomic E-state index is 12.3. The summed E-state index contributed by atoms with van der Waals surface area (Å²) in [6, 6.07) is 9.10. The maximum Gasteiger partial charge on any atom is 0.411 e. The predicted molar refractivity (Wildman–Crippen MR) is 95.1 cm³/mol. The standard InChI is InChI=1S/C20H28N2O2/c1-13-6-8-16(9-7-13)21-20(23)24-19-12-15-11-17(19)18-5-3-4-10-22(18)14(15)2/h6-9,14-15,17-19H,3-5,10-12H2,1-2H3,(H,21,23)/t14-,15+,17+,18+,19+/m0/s1. The van der Waals surface area contributed by atoms with Crippen molar-refractivity contribution in [1.29, 1.82) is 0 Å². The van der Waals surface area contributed by atoms with Crippen LogP contribution in [-0.4, -0.2) is 35.7 Å². The average Bonchev–Trinajstić information content (AvgIpc) is 2.95. The van der Waals surface area contributed by atoms with Crippen molar-refractivity contribution in [2.45, 2.75) is 64.1 Å². The summed E-state index contributed by atoms with van der Waals surface area (Å²) in [5.41, 5.74) is 1.99. The highest BCUT2D eigenvalue weighted by Gasteiger charge is 2.51. The number of nitrogens with zero attached hydrogens (tertiary/aromatic N) is 1. The van der Waals surface area contributed by atoms with Gasteiger partial charge in [-0.3, -0.25) is 10.2 Å². The van der Waals surface area contributed by atoms with Gasteiger partial charge in [-0.2, -0.15) is 0 Å². The Labute approximate surface area is 144 Å². The van der Waals surface area contributed by atoms with Crippen LogP contribution in [0.3, 0.4) is 0 Å². The largest absolute Gasteiger partial charge is 0.446 e. The molecule has 1 N–H and O–H groups in total. The number of aryl methyl sites for hydroxylation is 1. The fourth-order valence-corrected chi connectivity index (χ4v) is 5.14. The molecule has 0 unspecified atom stereocenters. The molecule has 2 saturated heterocycles. The van der Waals surface area contributed by atoms with Gasteiger partial charge in [0.2, 0.25) is 0 Å². The number of carbonyl (C=O) groups is 1. The van der Waals surface area contributed by atoms with Crippen LogP contribution in [0.1, 0.15) is 44.6 Å². The third kappa shape index (κ3) is 2.92. The van der Waals surface area contributed by atoms with Crippen molar-refractivity contribution in [2.75, 3.05) is 11.9 Å². The van der Waals surface area contributed by atoms with E-state index in [4.69, 9.17) is 4.74 Å². The van der Waals surface area contributed by atoms with Gasteiger partial charge in [0.15, 0.2) is 0 Å². The van der Waals surface area contributed by atoms with E-state index in [-0.39, 0.29) is 12.2 Å². The molecule has 0 spiro atoms. The van der Waals surface area contributed by atoms with Gasteiger partial charge in [0.05, 0.1) is 0 Å². The molecule has 24 heavy (non-hydrogen) atoms. The average molecular weight is 328 g/mol. The van der Waals surface area contributed by atoms with E-state index in [1.807, 2.05) is 31.2 Å². The zero-order valence-electron chi connectivity index (χ0n) is 14.7. The summed E-state index contributed by atoms with van der Waals surface area (Å²) in [5, 5.41) is 2.88. The Balaban J connectivity index is 1.41. The lowest BCUT2D eigenvalue weighted by Gasteiger charge is -2.47. The molecule has 0 aromatic heterocycles. The van der Waals surface area contributed by atoms with Gasteiger partial charge >= 0.3 is 6.09 Å². The van der Waals surface area contributed by atoms with Crippen molar-refractivity contribution in [3.05, 3.63) is 29.8 Å². The lowest BCUT2D eigenvalue weighted by Crippen LogP contribution is -2.54. The second-order valence-electron chi connectivity index (χ2n) is 7.87. The molecule has 1 saturated carbocycles. The molecule has 130 valence electrons. The number of nitrogens with one attached hydrogen (secondary N) is 1. The molecule has 2 heterocycles. The summed E-state index contributed by atoms with van der Waals surface area (Å²) in [4.78, 5) is 15.0. The van der Waals surface area contributed by atoms with Crippen molar-refractivity contribution in [3.8, 4) is 0 Å². The number of carbonyl (C=O) groups excluding carboxylic acids is 1. The molecule has 5 atom stereocenters. The highest BCUT2D eigenvalue weighted by Crippen LogP contribution is 2.48. The Morgan fingerprint density at radius 2 is 2.00 bits per heavy atom. The molecule has 0 radical (unpaired) electrons. The molecule has 3 fully saturated rings. The normalized spacial score (nSPS) is 35.3. The third-order valence-electron chi connectivity index (χ3n) is 6.44. The molecule has 2 bridgehead atoms. The van der Waals surface area contributed by atoms with E-state index in [1.165, 1.54) is 37.8 Å². The molecule has 1 aromatic rings. The smallest absolute Gasteiger partial charge is 0.411 e. The van der Waals surface area contributed by atoms with E-state index >= 15 is 0 Å². The summed E-state index contributed by atoms with van der Waals surface area (Å²) in [6.07, 6.45) is 5.94. The first-order chi connectivity index (χ1) is 11.6. The van der Waals surface area contributed by atoms with Crippen molar-refractivity contribution in [3.63, 3.8) is 0 Å². The van der Waals surface area contributed by atoms with Crippen molar-refractivity contribution in [2.24, 2.45) is 11.8 Å².